The van der Waals surface area contributed by atoms with E-state index >= 15 is 0 Å². The molecule has 3 aromatic rings. The van der Waals surface area contributed by atoms with Gasteiger partial charge >= 0.3 is 25.8 Å². The molecule has 0 aliphatic heterocycles. The number of halogens is 2. The summed E-state index contributed by atoms with van der Waals surface area (Å²) >= 11 is 0. The number of hydrogen-bond donors (Lipinski definition) is 0. The summed E-state index contributed by atoms with van der Waals surface area (Å²) < 4.78 is 0. The molecule has 86 valence electrons. The largest absolute Gasteiger partial charge is 4.00 e. The molecule has 0 aliphatic carbocycles. The molecule has 0 N–H and O–H groups in total. The Morgan fingerprint density at radius 3 is 1.88 bits per heavy atom. The van der Waals surface area contributed by atoms with Gasteiger partial charge < -0.3 is 24.8 Å². The van der Waals surface area contributed by atoms with E-state index < -0.39 is 0 Å². The van der Waals surface area contributed by atoms with Crippen LogP contribution in [0.2, 0.25) is 0 Å². The maximum absolute atomic E-state index is 2.12. The Morgan fingerprint density at radius 2 is 1.35 bits per heavy atom. The van der Waals surface area contributed by atoms with Crippen LogP contribution in [0, 0.1) is 0 Å². The van der Waals surface area contributed by atoms with E-state index in [0.717, 1.165) is 0 Å². The second-order valence-electron chi connectivity index (χ2n) is 3.12. The van der Waals surface area contributed by atoms with Gasteiger partial charge in [0, 0.05) is 0 Å². The van der Waals surface area contributed by atoms with E-state index in [2.05, 4.69) is 42.5 Å². The van der Waals surface area contributed by atoms with Gasteiger partial charge in [-0.2, -0.15) is 35.7 Å². The van der Waals surface area contributed by atoms with Crippen LogP contribution in [-0.4, -0.2) is 0 Å². The second-order valence-corrected chi connectivity index (χ2v) is 3.12. The molecule has 3 aromatic carbocycles. The van der Waals surface area contributed by atoms with E-state index in [4.69, 9.17) is 0 Å². The molecule has 0 atom stereocenters. The SMILES string of the molecule is [Cl-].[Cl-].[Hf+4].c1cc[cH-]c1.c1ccc2[cH-]ccc2c1. The van der Waals surface area contributed by atoms with Crippen LogP contribution in [0.25, 0.3) is 10.8 Å². The first kappa shape index (κ1) is 19.0. The second kappa shape index (κ2) is 10.8. The minimum absolute atomic E-state index is 0. The molecule has 0 amide bonds. The van der Waals surface area contributed by atoms with Crippen LogP contribution < -0.4 is 24.8 Å². The molecule has 0 nitrogen and oxygen atoms in total. The first-order valence-corrected chi connectivity index (χ1v) is 4.74. The predicted octanol–water partition coefficient (Wildman–Crippen LogP) is -2.03. The fourth-order valence-electron chi connectivity index (χ4n) is 1.39. The van der Waals surface area contributed by atoms with Crippen molar-refractivity contribution in [2.45, 2.75) is 0 Å². The molecule has 0 saturated heterocycles. The molecule has 0 aliphatic rings. The van der Waals surface area contributed by atoms with Crippen LogP contribution in [-0.2, 0) is 25.8 Å². The third-order valence-corrected chi connectivity index (χ3v) is 2.10. The Kier molecular flexibility index (Phi) is 12.0. The van der Waals surface area contributed by atoms with Crippen LogP contribution in [0.1, 0.15) is 0 Å². The third kappa shape index (κ3) is 6.21. The van der Waals surface area contributed by atoms with Crippen molar-refractivity contribution in [2.75, 3.05) is 0 Å². The van der Waals surface area contributed by atoms with E-state index in [9.17, 15) is 0 Å². The predicted molar refractivity (Wildman–Crippen MR) is 61.6 cm³/mol. The van der Waals surface area contributed by atoms with Crippen molar-refractivity contribution < 1.29 is 50.7 Å². The van der Waals surface area contributed by atoms with Gasteiger partial charge in [0.2, 0.25) is 0 Å². The summed E-state index contributed by atoms with van der Waals surface area (Å²) in [5, 5.41) is 2.66. The molecule has 0 unspecified atom stereocenters. The fourth-order valence-corrected chi connectivity index (χ4v) is 1.39. The van der Waals surface area contributed by atoms with Gasteiger partial charge in [0.1, 0.15) is 0 Å². The van der Waals surface area contributed by atoms with E-state index in [1.807, 2.05) is 30.3 Å². The van der Waals surface area contributed by atoms with E-state index in [-0.39, 0.29) is 50.7 Å². The van der Waals surface area contributed by atoms with Crippen molar-refractivity contribution in [1.29, 1.82) is 0 Å². The Bertz CT molecular complexity index is 424. The number of hydrogen-bond acceptors (Lipinski definition) is 0. The fraction of sp³-hybridized carbons (Fsp3) is 0. The Balaban J connectivity index is 0. The maximum atomic E-state index is 2.12. The van der Waals surface area contributed by atoms with Gasteiger partial charge in [0.15, 0.2) is 0 Å². The van der Waals surface area contributed by atoms with Crippen molar-refractivity contribution in [3.63, 3.8) is 0 Å². The smallest absolute Gasteiger partial charge is 1.00 e. The molecule has 3 rings (SSSR count). The average Bonchev–Trinajstić information content (AvgIpc) is 2.92. The molecule has 0 heterocycles. The van der Waals surface area contributed by atoms with Gasteiger partial charge in [-0.15, -0.1) is 29.7 Å². The van der Waals surface area contributed by atoms with Crippen molar-refractivity contribution in [3.8, 4) is 0 Å². The van der Waals surface area contributed by atoms with E-state index in [0.29, 0.717) is 0 Å². The third-order valence-electron chi connectivity index (χ3n) is 2.10. The molecule has 3 heteroatoms. The molecule has 0 bridgehead atoms. The Hall–Kier alpha value is -0.370. The first-order valence-electron chi connectivity index (χ1n) is 4.74. The molecule has 0 aromatic heterocycles. The summed E-state index contributed by atoms with van der Waals surface area (Å²) in [7, 11) is 0. The Morgan fingerprint density at radius 1 is 0.706 bits per heavy atom. The van der Waals surface area contributed by atoms with Crippen LogP contribution in [0.3, 0.4) is 0 Å². The van der Waals surface area contributed by atoms with E-state index in [1.54, 1.807) is 0 Å². The molecular formula is C14H12Cl2Hf. The van der Waals surface area contributed by atoms with Gasteiger partial charge in [-0.25, -0.2) is 12.1 Å². The first-order chi connectivity index (χ1) is 6.97. The summed E-state index contributed by atoms with van der Waals surface area (Å²) in [4.78, 5) is 0. The van der Waals surface area contributed by atoms with Gasteiger partial charge in [0.25, 0.3) is 0 Å². The van der Waals surface area contributed by atoms with Crippen molar-refractivity contribution in [1.82, 2.24) is 0 Å². The quantitative estimate of drug-likeness (QED) is 0.286. The minimum Gasteiger partial charge on any atom is -1.00 e. The van der Waals surface area contributed by atoms with Crippen LogP contribution in [0.4, 0.5) is 0 Å². The number of benzene rings is 1. The summed E-state index contributed by atoms with van der Waals surface area (Å²) in [5.41, 5.74) is 0. The van der Waals surface area contributed by atoms with Gasteiger partial charge in [-0.1, -0.05) is 6.07 Å². The zero-order valence-electron chi connectivity index (χ0n) is 9.18. The standard InChI is InChI=1S/C9H7.C5H5.2ClH.Hf/c1-2-5-9-7-3-6-8(9)4-1;1-2-4-5-3-1;;;/h1-7H;1-5H;2*1H;/q2*-1;;;+4/p-2. The molecule has 17 heavy (non-hydrogen) atoms. The van der Waals surface area contributed by atoms with Gasteiger partial charge in [0.05, 0.1) is 0 Å². The van der Waals surface area contributed by atoms with Gasteiger partial charge in [-0.05, 0) is 0 Å². The minimum atomic E-state index is 0. The number of fused-ring (bicyclic) bond motifs is 1. The number of rotatable bonds is 0. The summed E-state index contributed by atoms with van der Waals surface area (Å²) in [5.74, 6) is 0. The Labute approximate surface area is 133 Å². The average molecular weight is 430 g/mol. The molecular weight excluding hydrogens is 418 g/mol. The topological polar surface area (TPSA) is 0 Å². The zero-order valence-corrected chi connectivity index (χ0v) is 14.3. The van der Waals surface area contributed by atoms with E-state index in [1.165, 1.54) is 10.8 Å². The molecule has 0 fully saturated rings. The van der Waals surface area contributed by atoms with Crippen LogP contribution in [0.15, 0.2) is 72.8 Å². The molecule has 0 saturated carbocycles. The summed E-state index contributed by atoms with van der Waals surface area (Å²) in [6.07, 6.45) is 0. The van der Waals surface area contributed by atoms with Crippen LogP contribution in [0.5, 0.6) is 0 Å². The van der Waals surface area contributed by atoms with Crippen LogP contribution >= 0.6 is 0 Å². The zero-order chi connectivity index (χ0) is 9.64. The monoisotopic (exact) mass is 430 g/mol. The van der Waals surface area contributed by atoms with Crippen molar-refractivity contribution >= 4 is 10.8 Å². The molecule has 0 spiro atoms. The normalized spacial score (nSPS) is 7.76. The molecule has 0 radical (unpaired) electrons. The maximum Gasteiger partial charge on any atom is 4.00 e. The van der Waals surface area contributed by atoms with Crippen molar-refractivity contribution in [2.24, 2.45) is 0 Å². The summed E-state index contributed by atoms with van der Waals surface area (Å²) in [6, 6.07) is 24.7. The summed E-state index contributed by atoms with van der Waals surface area (Å²) in [6.45, 7) is 0. The van der Waals surface area contributed by atoms with Crippen molar-refractivity contribution in [3.05, 3.63) is 72.8 Å². The van der Waals surface area contributed by atoms with Gasteiger partial charge in [-0.3, -0.25) is 0 Å².